The molecule has 0 saturated carbocycles. The molecule has 0 radical (unpaired) electrons. The number of carboxylic acids is 1. The SMILES string of the molecule is Nc1ccc(C(=O)O)c(Oc2cc(Cl)ccc2Cl)c1. The van der Waals surface area contributed by atoms with Crippen LogP contribution in [0.2, 0.25) is 10.0 Å². The molecule has 3 N–H and O–H groups in total. The largest absolute Gasteiger partial charge is 0.478 e. The molecular formula is C13H9Cl2NO3. The molecule has 0 atom stereocenters. The third kappa shape index (κ3) is 3.10. The second kappa shape index (κ2) is 5.38. The van der Waals surface area contributed by atoms with Gasteiger partial charge in [-0.1, -0.05) is 23.2 Å². The lowest BCUT2D eigenvalue weighted by molar-refractivity contribution is 0.0694. The maximum absolute atomic E-state index is 11.1. The van der Waals surface area contributed by atoms with Crippen molar-refractivity contribution in [1.29, 1.82) is 0 Å². The number of nitrogens with two attached hydrogens (primary N) is 1. The van der Waals surface area contributed by atoms with Crippen LogP contribution in [-0.2, 0) is 0 Å². The molecule has 0 aliphatic rings. The Morgan fingerprint density at radius 2 is 1.84 bits per heavy atom. The van der Waals surface area contributed by atoms with Gasteiger partial charge in [0.2, 0.25) is 0 Å². The zero-order valence-electron chi connectivity index (χ0n) is 9.56. The summed E-state index contributed by atoms with van der Waals surface area (Å²) in [6, 6.07) is 8.93. The van der Waals surface area contributed by atoms with Gasteiger partial charge in [-0.15, -0.1) is 0 Å². The van der Waals surface area contributed by atoms with Crippen molar-refractivity contribution in [2.45, 2.75) is 0 Å². The Hall–Kier alpha value is -1.91. The van der Waals surface area contributed by atoms with E-state index in [-0.39, 0.29) is 17.1 Å². The van der Waals surface area contributed by atoms with E-state index in [0.717, 1.165) is 0 Å². The van der Waals surface area contributed by atoms with Gasteiger partial charge in [0.15, 0.2) is 0 Å². The predicted molar refractivity (Wildman–Crippen MR) is 74.3 cm³/mol. The number of nitrogen functional groups attached to an aromatic ring is 1. The van der Waals surface area contributed by atoms with Gasteiger partial charge >= 0.3 is 5.97 Å². The fourth-order valence-corrected chi connectivity index (χ4v) is 1.79. The second-order valence-electron chi connectivity index (χ2n) is 3.74. The maximum Gasteiger partial charge on any atom is 0.339 e. The summed E-state index contributed by atoms with van der Waals surface area (Å²) >= 11 is 11.8. The number of rotatable bonds is 3. The van der Waals surface area contributed by atoms with E-state index in [2.05, 4.69) is 0 Å². The molecule has 0 amide bonds. The van der Waals surface area contributed by atoms with E-state index in [1.807, 2.05) is 0 Å². The topological polar surface area (TPSA) is 72.6 Å². The number of anilines is 1. The molecule has 0 bridgehead atoms. The standard InChI is InChI=1S/C13H9Cl2NO3/c14-7-1-4-10(15)12(5-7)19-11-6-8(16)2-3-9(11)13(17)18/h1-6H,16H2,(H,17,18). The van der Waals surface area contributed by atoms with Crippen LogP contribution in [0.25, 0.3) is 0 Å². The van der Waals surface area contributed by atoms with E-state index >= 15 is 0 Å². The van der Waals surface area contributed by atoms with Crippen LogP contribution in [0.15, 0.2) is 36.4 Å². The normalized spacial score (nSPS) is 10.2. The summed E-state index contributed by atoms with van der Waals surface area (Å²) in [5.74, 6) is -0.743. The van der Waals surface area contributed by atoms with Crippen LogP contribution in [0.4, 0.5) is 5.69 Å². The van der Waals surface area contributed by atoms with Crippen LogP contribution < -0.4 is 10.5 Å². The van der Waals surface area contributed by atoms with Gasteiger partial charge in [-0.2, -0.15) is 0 Å². The Kier molecular flexibility index (Phi) is 3.83. The van der Waals surface area contributed by atoms with Gasteiger partial charge in [-0.05, 0) is 24.3 Å². The van der Waals surface area contributed by atoms with Gasteiger partial charge in [-0.25, -0.2) is 4.79 Å². The summed E-state index contributed by atoms with van der Waals surface area (Å²) in [5, 5.41) is 9.83. The Morgan fingerprint density at radius 3 is 2.53 bits per heavy atom. The fraction of sp³-hybridized carbons (Fsp3) is 0. The zero-order valence-corrected chi connectivity index (χ0v) is 11.1. The van der Waals surface area contributed by atoms with Crippen molar-refractivity contribution in [1.82, 2.24) is 0 Å². The smallest absolute Gasteiger partial charge is 0.339 e. The zero-order chi connectivity index (χ0) is 14.0. The second-order valence-corrected chi connectivity index (χ2v) is 4.58. The third-order valence-corrected chi connectivity index (χ3v) is 2.90. The molecule has 2 aromatic rings. The molecule has 0 aliphatic heterocycles. The van der Waals surface area contributed by atoms with Crippen LogP contribution >= 0.6 is 23.2 Å². The summed E-state index contributed by atoms with van der Waals surface area (Å²) in [5.41, 5.74) is 6.00. The molecular weight excluding hydrogens is 289 g/mol. The van der Waals surface area contributed by atoms with Crippen LogP contribution in [0.3, 0.4) is 0 Å². The Bertz CT molecular complexity index is 644. The molecule has 0 fully saturated rings. The number of benzene rings is 2. The highest BCUT2D eigenvalue weighted by Gasteiger charge is 2.14. The van der Waals surface area contributed by atoms with Crippen molar-refractivity contribution in [2.24, 2.45) is 0 Å². The molecule has 2 aromatic carbocycles. The van der Waals surface area contributed by atoms with E-state index in [1.165, 1.54) is 24.3 Å². The minimum atomic E-state index is -1.12. The van der Waals surface area contributed by atoms with Crippen molar-refractivity contribution in [3.05, 3.63) is 52.0 Å². The van der Waals surface area contributed by atoms with Crippen molar-refractivity contribution in [3.8, 4) is 11.5 Å². The highest BCUT2D eigenvalue weighted by atomic mass is 35.5. The summed E-state index contributed by atoms with van der Waals surface area (Å²) in [7, 11) is 0. The van der Waals surface area contributed by atoms with Crippen LogP contribution in [0.1, 0.15) is 10.4 Å². The Balaban J connectivity index is 2.45. The third-order valence-electron chi connectivity index (χ3n) is 2.35. The maximum atomic E-state index is 11.1. The first-order valence-electron chi connectivity index (χ1n) is 5.23. The molecule has 0 saturated heterocycles. The molecule has 0 aliphatic carbocycles. The lowest BCUT2D eigenvalue weighted by atomic mass is 10.2. The molecule has 0 heterocycles. The van der Waals surface area contributed by atoms with Crippen LogP contribution in [0.5, 0.6) is 11.5 Å². The van der Waals surface area contributed by atoms with E-state index in [0.29, 0.717) is 15.7 Å². The highest BCUT2D eigenvalue weighted by molar-refractivity contribution is 6.34. The minimum Gasteiger partial charge on any atom is -0.478 e. The Labute approximate surface area is 119 Å². The van der Waals surface area contributed by atoms with Crippen LogP contribution in [-0.4, -0.2) is 11.1 Å². The van der Waals surface area contributed by atoms with Gasteiger partial charge in [0.05, 0.1) is 5.02 Å². The number of halogens is 2. The summed E-state index contributed by atoms with van der Waals surface area (Å²) in [6.07, 6.45) is 0. The van der Waals surface area contributed by atoms with E-state index in [1.54, 1.807) is 12.1 Å². The van der Waals surface area contributed by atoms with Crippen molar-refractivity contribution < 1.29 is 14.6 Å². The lowest BCUT2D eigenvalue weighted by Gasteiger charge is -2.11. The number of carbonyl (C=O) groups is 1. The van der Waals surface area contributed by atoms with Gasteiger partial charge in [0.25, 0.3) is 0 Å². The summed E-state index contributed by atoms with van der Waals surface area (Å²) in [4.78, 5) is 11.1. The molecule has 0 aromatic heterocycles. The van der Waals surface area contributed by atoms with Crippen molar-refractivity contribution >= 4 is 34.9 Å². The molecule has 19 heavy (non-hydrogen) atoms. The first-order chi connectivity index (χ1) is 8.97. The molecule has 0 unspecified atom stereocenters. The number of ether oxygens (including phenoxy) is 1. The quantitative estimate of drug-likeness (QED) is 0.838. The molecule has 6 heteroatoms. The first-order valence-corrected chi connectivity index (χ1v) is 5.98. The minimum absolute atomic E-state index is 0.00904. The molecule has 98 valence electrons. The van der Waals surface area contributed by atoms with Gasteiger partial charge < -0.3 is 15.6 Å². The van der Waals surface area contributed by atoms with E-state index in [9.17, 15) is 4.79 Å². The number of aromatic carboxylic acids is 1. The number of carboxylic acid groups (broad SMARTS) is 1. The van der Waals surface area contributed by atoms with Gasteiger partial charge in [0.1, 0.15) is 17.1 Å². The number of hydrogen-bond acceptors (Lipinski definition) is 3. The summed E-state index contributed by atoms with van der Waals surface area (Å²) < 4.78 is 5.49. The number of hydrogen-bond donors (Lipinski definition) is 2. The predicted octanol–water partition coefficient (Wildman–Crippen LogP) is 4.07. The molecule has 0 spiro atoms. The van der Waals surface area contributed by atoms with Crippen molar-refractivity contribution in [2.75, 3.05) is 5.73 Å². The molecule has 2 rings (SSSR count). The average Bonchev–Trinajstić information content (AvgIpc) is 2.33. The van der Waals surface area contributed by atoms with Crippen LogP contribution in [0, 0.1) is 0 Å². The van der Waals surface area contributed by atoms with E-state index < -0.39 is 5.97 Å². The Morgan fingerprint density at radius 1 is 1.11 bits per heavy atom. The average molecular weight is 298 g/mol. The lowest BCUT2D eigenvalue weighted by Crippen LogP contribution is -2.01. The summed E-state index contributed by atoms with van der Waals surface area (Å²) in [6.45, 7) is 0. The van der Waals surface area contributed by atoms with Crippen molar-refractivity contribution in [3.63, 3.8) is 0 Å². The fourth-order valence-electron chi connectivity index (χ4n) is 1.47. The first kappa shape index (κ1) is 13.5. The highest BCUT2D eigenvalue weighted by Crippen LogP contribution is 2.34. The van der Waals surface area contributed by atoms with E-state index in [4.69, 9.17) is 38.8 Å². The monoisotopic (exact) mass is 297 g/mol. The van der Waals surface area contributed by atoms with Gasteiger partial charge in [-0.3, -0.25) is 0 Å². The van der Waals surface area contributed by atoms with Gasteiger partial charge in [0, 0.05) is 22.8 Å². The molecule has 4 nitrogen and oxygen atoms in total.